The first kappa shape index (κ1) is 17.5. The largest absolute Gasteiger partial charge is 0.398 e. The number of nitrogens with one attached hydrogen (secondary N) is 1. The van der Waals surface area contributed by atoms with Crippen LogP contribution in [0.5, 0.6) is 0 Å². The first-order valence-corrected chi connectivity index (χ1v) is 8.62. The molecular formula is C22H23N3O. The van der Waals surface area contributed by atoms with E-state index < -0.39 is 0 Å². The second kappa shape index (κ2) is 8.21. The molecule has 3 N–H and O–H groups in total. The third-order valence-electron chi connectivity index (χ3n) is 4.24. The van der Waals surface area contributed by atoms with E-state index in [9.17, 15) is 4.79 Å². The molecule has 3 aromatic carbocycles. The Balaban J connectivity index is 1.74. The highest BCUT2D eigenvalue weighted by Gasteiger charge is 2.13. The zero-order valence-electron chi connectivity index (χ0n) is 14.9. The van der Waals surface area contributed by atoms with Crippen molar-refractivity contribution in [1.29, 1.82) is 0 Å². The number of aryl methyl sites for hydroxylation is 1. The summed E-state index contributed by atoms with van der Waals surface area (Å²) < 4.78 is 0. The number of nitrogen functional groups attached to an aromatic ring is 1. The van der Waals surface area contributed by atoms with E-state index in [1.54, 1.807) is 6.07 Å². The highest BCUT2D eigenvalue weighted by atomic mass is 16.2. The summed E-state index contributed by atoms with van der Waals surface area (Å²) in [6, 6.07) is 25.7. The molecule has 0 unspecified atom stereocenters. The molecule has 0 saturated heterocycles. The lowest BCUT2D eigenvalue weighted by Gasteiger charge is -2.24. The molecule has 0 aliphatic carbocycles. The molecule has 0 aromatic heterocycles. The standard InChI is InChI=1S/C22H23N3O/c1-17-12-13-19(14-21(17)23)24-22(26)16-25(20-10-6-3-7-11-20)15-18-8-4-2-5-9-18/h2-14H,15-16,23H2,1H3,(H,24,26). The Kier molecular flexibility index (Phi) is 5.54. The highest BCUT2D eigenvalue weighted by Crippen LogP contribution is 2.19. The van der Waals surface area contributed by atoms with Crippen molar-refractivity contribution in [2.24, 2.45) is 0 Å². The molecule has 4 nitrogen and oxygen atoms in total. The van der Waals surface area contributed by atoms with Gasteiger partial charge in [-0.15, -0.1) is 0 Å². The maximum Gasteiger partial charge on any atom is 0.243 e. The van der Waals surface area contributed by atoms with Gasteiger partial charge in [0.15, 0.2) is 0 Å². The van der Waals surface area contributed by atoms with Gasteiger partial charge in [0.05, 0.1) is 6.54 Å². The number of hydrogen-bond donors (Lipinski definition) is 2. The van der Waals surface area contributed by atoms with Crippen LogP contribution in [0.3, 0.4) is 0 Å². The van der Waals surface area contributed by atoms with Crippen LogP contribution in [0.15, 0.2) is 78.9 Å². The number of amides is 1. The normalized spacial score (nSPS) is 10.3. The smallest absolute Gasteiger partial charge is 0.243 e. The number of benzene rings is 3. The third-order valence-corrected chi connectivity index (χ3v) is 4.24. The Labute approximate surface area is 154 Å². The third kappa shape index (κ3) is 4.63. The summed E-state index contributed by atoms with van der Waals surface area (Å²) in [6.45, 7) is 2.86. The molecule has 0 aliphatic heterocycles. The van der Waals surface area contributed by atoms with Gasteiger partial charge in [0.2, 0.25) is 5.91 Å². The van der Waals surface area contributed by atoms with Crippen LogP contribution < -0.4 is 16.0 Å². The second-order valence-corrected chi connectivity index (χ2v) is 6.30. The van der Waals surface area contributed by atoms with Gasteiger partial charge in [0, 0.05) is 23.6 Å². The van der Waals surface area contributed by atoms with Crippen LogP contribution in [0.4, 0.5) is 17.1 Å². The summed E-state index contributed by atoms with van der Waals surface area (Å²) >= 11 is 0. The number of carbonyl (C=O) groups is 1. The van der Waals surface area contributed by atoms with Crippen molar-refractivity contribution in [3.05, 3.63) is 90.0 Å². The van der Waals surface area contributed by atoms with Crippen molar-refractivity contribution in [1.82, 2.24) is 0 Å². The van der Waals surface area contributed by atoms with Crippen molar-refractivity contribution in [3.8, 4) is 0 Å². The quantitative estimate of drug-likeness (QED) is 0.658. The maximum absolute atomic E-state index is 12.6. The Morgan fingerprint density at radius 3 is 2.27 bits per heavy atom. The minimum absolute atomic E-state index is 0.0759. The molecule has 0 atom stereocenters. The molecule has 0 fully saturated rings. The summed E-state index contributed by atoms with van der Waals surface area (Å²) in [5.41, 5.74) is 10.5. The van der Waals surface area contributed by atoms with E-state index in [4.69, 9.17) is 5.73 Å². The van der Waals surface area contributed by atoms with Gasteiger partial charge in [-0.2, -0.15) is 0 Å². The number of nitrogens with zero attached hydrogens (tertiary/aromatic N) is 1. The fourth-order valence-electron chi connectivity index (χ4n) is 2.77. The van der Waals surface area contributed by atoms with E-state index in [1.165, 1.54) is 0 Å². The Morgan fingerprint density at radius 2 is 1.62 bits per heavy atom. The van der Waals surface area contributed by atoms with Crippen molar-refractivity contribution in [2.75, 3.05) is 22.5 Å². The van der Waals surface area contributed by atoms with Gasteiger partial charge in [-0.1, -0.05) is 54.6 Å². The van der Waals surface area contributed by atoms with Crippen LogP contribution in [-0.2, 0) is 11.3 Å². The van der Waals surface area contributed by atoms with E-state index in [-0.39, 0.29) is 12.5 Å². The number of nitrogens with two attached hydrogens (primary N) is 1. The zero-order valence-corrected chi connectivity index (χ0v) is 14.9. The van der Waals surface area contributed by atoms with E-state index in [0.29, 0.717) is 17.9 Å². The maximum atomic E-state index is 12.6. The summed E-state index contributed by atoms with van der Waals surface area (Å²) in [4.78, 5) is 14.6. The lowest BCUT2D eigenvalue weighted by molar-refractivity contribution is -0.115. The van der Waals surface area contributed by atoms with Crippen LogP contribution in [0.25, 0.3) is 0 Å². The molecule has 0 radical (unpaired) electrons. The van der Waals surface area contributed by atoms with Crippen molar-refractivity contribution in [2.45, 2.75) is 13.5 Å². The summed E-state index contributed by atoms with van der Waals surface area (Å²) in [6.07, 6.45) is 0. The van der Waals surface area contributed by atoms with Gasteiger partial charge in [-0.3, -0.25) is 4.79 Å². The molecule has 0 aliphatic rings. The van der Waals surface area contributed by atoms with Crippen molar-refractivity contribution >= 4 is 23.0 Å². The van der Waals surface area contributed by atoms with E-state index in [2.05, 4.69) is 22.3 Å². The van der Waals surface area contributed by atoms with Crippen LogP contribution in [0, 0.1) is 6.92 Å². The first-order valence-electron chi connectivity index (χ1n) is 8.62. The molecule has 0 heterocycles. The first-order chi connectivity index (χ1) is 12.6. The minimum Gasteiger partial charge on any atom is -0.398 e. The summed E-state index contributed by atoms with van der Waals surface area (Å²) in [5, 5.41) is 2.94. The van der Waals surface area contributed by atoms with Gasteiger partial charge in [-0.25, -0.2) is 0 Å². The average Bonchev–Trinajstić information content (AvgIpc) is 2.66. The van der Waals surface area contributed by atoms with Gasteiger partial charge in [-0.05, 0) is 42.3 Å². The molecule has 0 spiro atoms. The molecule has 4 heteroatoms. The van der Waals surface area contributed by atoms with E-state index in [1.807, 2.05) is 67.6 Å². The predicted molar refractivity (Wildman–Crippen MR) is 108 cm³/mol. The number of rotatable bonds is 6. The molecular weight excluding hydrogens is 322 g/mol. The van der Waals surface area contributed by atoms with E-state index >= 15 is 0 Å². The zero-order chi connectivity index (χ0) is 18.4. The van der Waals surface area contributed by atoms with Gasteiger partial charge < -0.3 is 16.0 Å². The SMILES string of the molecule is Cc1ccc(NC(=O)CN(Cc2ccccc2)c2ccccc2)cc1N. The fraction of sp³-hybridized carbons (Fsp3) is 0.136. The number of carbonyl (C=O) groups excluding carboxylic acids is 1. The van der Waals surface area contributed by atoms with Crippen LogP contribution >= 0.6 is 0 Å². The van der Waals surface area contributed by atoms with Crippen LogP contribution in [0.2, 0.25) is 0 Å². The molecule has 3 rings (SSSR count). The highest BCUT2D eigenvalue weighted by molar-refractivity contribution is 5.94. The average molecular weight is 345 g/mol. The number of para-hydroxylation sites is 1. The van der Waals surface area contributed by atoms with Crippen LogP contribution in [0.1, 0.15) is 11.1 Å². The topological polar surface area (TPSA) is 58.4 Å². The second-order valence-electron chi connectivity index (χ2n) is 6.30. The molecule has 26 heavy (non-hydrogen) atoms. The summed E-state index contributed by atoms with van der Waals surface area (Å²) in [7, 11) is 0. The van der Waals surface area contributed by atoms with Gasteiger partial charge in [0.25, 0.3) is 0 Å². The molecule has 3 aromatic rings. The van der Waals surface area contributed by atoms with Gasteiger partial charge >= 0.3 is 0 Å². The predicted octanol–water partition coefficient (Wildman–Crippen LogP) is 4.22. The Bertz CT molecular complexity index is 863. The Hall–Kier alpha value is -3.27. The van der Waals surface area contributed by atoms with Crippen LogP contribution in [-0.4, -0.2) is 12.5 Å². The van der Waals surface area contributed by atoms with Crippen molar-refractivity contribution in [3.63, 3.8) is 0 Å². The minimum atomic E-state index is -0.0759. The monoisotopic (exact) mass is 345 g/mol. The molecule has 132 valence electrons. The molecule has 0 saturated carbocycles. The lowest BCUT2D eigenvalue weighted by Crippen LogP contribution is -2.32. The molecule has 1 amide bonds. The molecule has 0 bridgehead atoms. The van der Waals surface area contributed by atoms with Crippen molar-refractivity contribution < 1.29 is 4.79 Å². The van der Waals surface area contributed by atoms with E-state index in [0.717, 1.165) is 16.8 Å². The Morgan fingerprint density at radius 1 is 0.962 bits per heavy atom. The number of anilines is 3. The fourth-order valence-corrected chi connectivity index (χ4v) is 2.77. The van der Waals surface area contributed by atoms with Gasteiger partial charge in [0.1, 0.15) is 0 Å². The lowest BCUT2D eigenvalue weighted by atomic mass is 10.2. The summed E-state index contributed by atoms with van der Waals surface area (Å²) in [5.74, 6) is -0.0759. The number of hydrogen-bond acceptors (Lipinski definition) is 3.